The van der Waals surface area contributed by atoms with Gasteiger partial charge in [-0.2, -0.15) is 0 Å². The van der Waals surface area contributed by atoms with Crippen LogP contribution in [0.1, 0.15) is 29.8 Å². The quantitative estimate of drug-likeness (QED) is 0.477. The summed E-state index contributed by atoms with van der Waals surface area (Å²) in [5, 5.41) is 3.19. The smallest absolute Gasteiger partial charge is 0.301 e. The molecular formula is C23H21Cl2FN2O4. The zero-order valence-corrected chi connectivity index (χ0v) is 18.6. The average Bonchev–Trinajstić information content (AvgIpc) is 3.39. The lowest BCUT2D eigenvalue weighted by atomic mass is 10.0. The van der Waals surface area contributed by atoms with Crippen molar-refractivity contribution in [3.05, 3.63) is 64.1 Å². The van der Waals surface area contributed by atoms with Gasteiger partial charge in [0.2, 0.25) is 0 Å². The van der Waals surface area contributed by atoms with Gasteiger partial charge in [0.1, 0.15) is 23.8 Å². The van der Waals surface area contributed by atoms with Crippen LogP contribution in [-0.4, -0.2) is 36.4 Å². The summed E-state index contributed by atoms with van der Waals surface area (Å²) < 4.78 is 24.4. The Hall–Kier alpha value is -2.61. The molecule has 1 fully saturated rings. The maximum Gasteiger partial charge on any atom is 0.301 e. The van der Waals surface area contributed by atoms with Crippen molar-refractivity contribution in [2.75, 3.05) is 19.7 Å². The number of halogens is 3. The van der Waals surface area contributed by atoms with E-state index in [0.29, 0.717) is 36.5 Å². The topological polar surface area (TPSA) is 71.8 Å². The first-order valence-corrected chi connectivity index (χ1v) is 11.0. The molecule has 0 spiro atoms. The number of amides is 1. The molecule has 1 atom stereocenters. The van der Waals surface area contributed by atoms with E-state index in [1.807, 2.05) is 5.01 Å². The van der Waals surface area contributed by atoms with Gasteiger partial charge in [-0.1, -0.05) is 23.2 Å². The van der Waals surface area contributed by atoms with Crippen molar-refractivity contribution in [2.45, 2.75) is 19.3 Å². The highest BCUT2D eigenvalue weighted by Gasteiger charge is 2.25. The Kier molecular flexibility index (Phi) is 6.98. The highest BCUT2D eigenvalue weighted by atomic mass is 35.5. The molecule has 0 bridgehead atoms. The summed E-state index contributed by atoms with van der Waals surface area (Å²) in [4.78, 5) is 24.6. The fourth-order valence-corrected chi connectivity index (χ4v) is 3.96. The molecular weight excluding hydrogens is 458 g/mol. The number of nitrogens with one attached hydrogen (secondary N) is 1. The summed E-state index contributed by atoms with van der Waals surface area (Å²) in [7, 11) is 0. The van der Waals surface area contributed by atoms with E-state index in [4.69, 9.17) is 32.4 Å². The monoisotopic (exact) mass is 478 g/mol. The van der Waals surface area contributed by atoms with Gasteiger partial charge >= 0.3 is 5.91 Å². The van der Waals surface area contributed by atoms with E-state index < -0.39 is 5.82 Å². The molecule has 1 aromatic heterocycles. The van der Waals surface area contributed by atoms with Gasteiger partial charge in [0, 0.05) is 36.0 Å². The number of Topliss-reactive ketones (excluding diaryl/α,β-unsaturated/α-hetero) is 1. The van der Waals surface area contributed by atoms with E-state index >= 15 is 0 Å². The fourth-order valence-electron chi connectivity index (χ4n) is 3.66. The van der Waals surface area contributed by atoms with Crippen LogP contribution < -0.4 is 10.2 Å². The third kappa shape index (κ3) is 5.59. The van der Waals surface area contributed by atoms with Crippen LogP contribution in [0, 0.1) is 11.7 Å². The van der Waals surface area contributed by atoms with E-state index in [9.17, 15) is 14.0 Å². The predicted octanol–water partition coefficient (Wildman–Crippen LogP) is 5.27. The predicted molar refractivity (Wildman–Crippen MR) is 120 cm³/mol. The van der Waals surface area contributed by atoms with E-state index in [1.165, 1.54) is 12.1 Å². The molecule has 1 amide bonds. The van der Waals surface area contributed by atoms with Crippen LogP contribution in [0.2, 0.25) is 10.0 Å². The summed E-state index contributed by atoms with van der Waals surface area (Å²) in [5.74, 6) is -0.209. The Balaban J connectivity index is 1.20. The minimum Gasteiger partial charge on any atom is -0.486 e. The minimum atomic E-state index is -0.587. The lowest BCUT2D eigenvalue weighted by molar-refractivity contribution is -0.121. The van der Waals surface area contributed by atoms with E-state index in [1.54, 1.807) is 24.3 Å². The van der Waals surface area contributed by atoms with Gasteiger partial charge in [-0.25, -0.2) is 9.40 Å². The maximum atomic E-state index is 13.4. The van der Waals surface area contributed by atoms with Crippen LogP contribution in [0.15, 0.2) is 46.9 Å². The van der Waals surface area contributed by atoms with Crippen LogP contribution in [0.3, 0.4) is 0 Å². The molecule has 0 saturated carbocycles. The fraction of sp³-hybridized carbons (Fsp3) is 0.304. The Morgan fingerprint density at radius 1 is 1.19 bits per heavy atom. The molecule has 168 valence electrons. The standard InChI is InChI=1S/C23H21Cl2FN2O4/c24-16-2-6-21-15(9-16)10-22(32-21)23(30)27-28-8-7-14(12-28)1-3-17(29)13-31-18-4-5-19(25)20(26)11-18/h2,4-6,9-11,14H,1,3,7-8,12-13H2,(H,27,30)/t14-/m0/s1. The second-order valence-corrected chi connectivity index (χ2v) is 8.62. The van der Waals surface area contributed by atoms with Gasteiger partial charge in [0.15, 0.2) is 11.5 Å². The molecule has 4 rings (SSSR count). The Bertz CT molecular complexity index is 1150. The molecule has 0 aliphatic carbocycles. The van der Waals surface area contributed by atoms with Crippen LogP contribution >= 0.6 is 23.2 Å². The van der Waals surface area contributed by atoms with Crippen molar-refractivity contribution in [3.8, 4) is 5.75 Å². The third-order valence-corrected chi connectivity index (χ3v) is 5.91. The van der Waals surface area contributed by atoms with E-state index in [-0.39, 0.29) is 40.7 Å². The van der Waals surface area contributed by atoms with Gasteiger partial charge in [0.25, 0.3) is 0 Å². The number of ether oxygens (including phenoxy) is 1. The highest BCUT2D eigenvalue weighted by Crippen LogP contribution is 2.24. The van der Waals surface area contributed by atoms with Gasteiger partial charge in [-0.15, -0.1) is 0 Å². The highest BCUT2D eigenvalue weighted by molar-refractivity contribution is 6.31. The second-order valence-electron chi connectivity index (χ2n) is 7.78. The molecule has 1 N–H and O–H groups in total. The van der Waals surface area contributed by atoms with Crippen molar-refractivity contribution in [3.63, 3.8) is 0 Å². The number of carbonyl (C=O) groups is 2. The van der Waals surface area contributed by atoms with E-state index in [2.05, 4.69) is 5.43 Å². The first-order valence-electron chi connectivity index (χ1n) is 10.2. The molecule has 6 nitrogen and oxygen atoms in total. The molecule has 1 aliphatic rings. The van der Waals surface area contributed by atoms with E-state index in [0.717, 1.165) is 17.9 Å². The number of ketones is 1. The van der Waals surface area contributed by atoms with Crippen LogP contribution in [0.5, 0.6) is 5.75 Å². The zero-order chi connectivity index (χ0) is 22.7. The van der Waals surface area contributed by atoms with Crippen molar-refractivity contribution >= 4 is 45.9 Å². The van der Waals surface area contributed by atoms with Crippen molar-refractivity contribution < 1.29 is 23.1 Å². The number of benzene rings is 2. The molecule has 0 radical (unpaired) electrons. The van der Waals surface area contributed by atoms with Crippen LogP contribution in [-0.2, 0) is 4.79 Å². The summed E-state index contributed by atoms with van der Waals surface area (Å²) in [6.45, 7) is 1.22. The summed E-state index contributed by atoms with van der Waals surface area (Å²) in [6.07, 6.45) is 1.91. The molecule has 2 heterocycles. The summed E-state index contributed by atoms with van der Waals surface area (Å²) in [5.41, 5.74) is 3.45. The maximum absolute atomic E-state index is 13.4. The molecule has 3 aromatic rings. The van der Waals surface area contributed by atoms with Crippen molar-refractivity contribution in [2.24, 2.45) is 5.92 Å². The normalized spacial score (nSPS) is 16.4. The number of fused-ring (bicyclic) bond motifs is 1. The summed E-state index contributed by atoms with van der Waals surface area (Å²) in [6, 6.07) is 10.9. The second kappa shape index (κ2) is 9.90. The number of hydrazine groups is 1. The number of rotatable bonds is 8. The van der Waals surface area contributed by atoms with Crippen LogP contribution in [0.4, 0.5) is 4.39 Å². The molecule has 32 heavy (non-hydrogen) atoms. The zero-order valence-electron chi connectivity index (χ0n) is 17.1. The molecule has 9 heteroatoms. The lowest BCUT2D eigenvalue weighted by Gasteiger charge is -2.16. The molecule has 1 saturated heterocycles. The van der Waals surface area contributed by atoms with Crippen molar-refractivity contribution in [1.29, 1.82) is 0 Å². The minimum absolute atomic E-state index is 0.00581. The van der Waals surface area contributed by atoms with Gasteiger partial charge in [-0.3, -0.25) is 15.0 Å². The number of carbonyl (C=O) groups excluding carboxylic acids is 2. The Morgan fingerprint density at radius 3 is 2.84 bits per heavy atom. The largest absolute Gasteiger partial charge is 0.486 e. The Labute approximate surface area is 194 Å². The first-order chi connectivity index (χ1) is 15.4. The molecule has 2 aromatic carbocycles. The number of nitrogens with zero attached hydrogens (tertiary/aromatic N) is 1. The first kappa shape index (κ1) is 22.6. The van der Waals surface area contributed by atoms with Crippen molar-refractivity contribution in [1.82, 2.24) is 10.4 Å². The van der Waals surface area contributed by atoms with Crippen LogP contribution in [0.25, 0.3) is 11.0 Å². The number of furan rings is 1. The number of hydrogen-bond donors (Lipinski definition) is 1. The van der Waals surface area contributed by atoms with Gasteiger partial charge in [-0.05, 0) is 55.2 Å². The average molecular weight is 479 g/mol. The molecule has 0 unspecified atom stereocenters. The third-order valence-electron chi connectivity index (χ3n) is 5.37. The SMILES string of the molecule is O=C(CC[C@H]1CCN(NC(=O)c2cc3cc(Cl)ccc3o2)C1)COc1ccc(Cl)c(F)c1. The number of hydrogen-bond acceptors (Lipinski definition) is 5. The molecule has 1 aliphatic heterocycles. The van der Waals surface area contributed by atoms with Gasteiger partial charge < -0.3 is 9.15 Å². The Morgan fingerprint density at radius 2 is 2.03 bits per heavy atom. The lowest BCUT2D eigenvalue weighted by Crippen LogP contribution is -2.40. The summed E-state index contributed by atoms with van der Waals surface area (Å²) >= 11 is 11.6. The van der Waals surface area contributed by atoms with Gasteiger partial charge in [0.05, 0.1) is 5.02 Å².